The van der Waals surface area contributed by atoms with Gasteiger partial charge < -0.3 is 10.4 Å². The number of aryl methyl sites for hydroxylation is 1. The second kappa shape index (κ2) is 7.07. The van der Waals surface area contributed by atoms with E-state index in [0.29, 0.717) is 0 Å². The number of nitrogens with zero attached hydrogens (tertiary/aromatic N) is 2. The molecule has 0 unspecified atom stereocenters. The topological polar surface area (TPSA) is 50.1 Å². The molecule has 1 atom stereocenters. The Morgan fingerprint density at radius 3 is 2.67 bits per heavy atom. The number of hydrogen-bond donors (Lipinski definition) is 2. The summed E-state index contributed by atoms with van der Waals surface area (Å²) >= 11 is 6.16. The Labute approximate surface area is 130 Å². The number of aliphatic hydroxyl groups excluding tert-OH is 1. The summed E-state index contributed by atoms with van der Waals surface area (Å²) in [7, 11) is 0. The molecular formula is C16H22ClN3O. The zero-order valence-corrected chi connectivity index (χ0v) is 13.5. The van der Waals surface area contributed by atoms with E-state index in [4.69, 9.17) is 16.7 Å². The van der Waals surface area contributed by atoms with Crippen molar-refractivity contribution in [3.8, 4) is 0 Å². The molecule has 0 saturated carbocycles. The summed E-state index contributed by atoms with van der Waals surface area (Å²) < 4.78 is 1.94. The average Bonchev–Trinajstić information content (AvgIpc) is 2.72. The van der Waals surface area contributed by atoms with Gasteiger partial charge >= 0.3 is 0 Å². The molecule has 1 aromatic heterocycles. The van der Waals surface area contributed by atoms with Crippen LogP contribution in [0.2, 0.25) is 5.02 Å². The van der Waals surface area contributed by atoms with Gasteiger partial charge in [-0.25, -0.2) is 0 Å². The predicted octanol–water partition coefficient (Wildman–Crippen LogP) is 2.82. The van der Waals surface area contributed by atoms with Crippen LogP contribution in [0.15, 0.2) is 24.3 Å². The van der Waals surface area contributed by atoms with Gasteiger partial charge in [0.25, 0.3) is 0 Å². The minimum atomic E-state index is 0.0770. The Hall–Kier alpha value is -1.36. The molecule has 0 amide bonds. The maximum absolute atomic E-state index is 9.15. The molecule has 0 bridgehead atoms. The number of rotatable bonds is 6. The van der Waals surface area contributed by atoms with Gasteiger partial charge in [0.15, 0.2) is 0 Å². The van der Waals surface area contributed by atoms with E-state index in [1.54, 1.807) is 0 Å². The van der Waals surface area contributed by atoms with E-state index in [2.05, 4.69) is 23.4 Å². The molecule has 2 rings (SSSR count). The first-order valence-corrected chi connectivity index (χ1v) is 7.50. The number of halogens is 1. The van der Waals surface area contributed by atoms with E-state index >= 15 is 0 Å². The van der Waals surface area contributed by atoms with Crippen molar-refractivity contribution in [1.29, 1.82) is 0 Å². The fourth-order valence-electron chi connectivity index (χ4n) is 2.31. The lowest BCUT2D eigenvalue weighted by molar-refractivity contribution is 0.281. The number of hydrogen-bond acceptors (Lipinski definition) is 3. The van der Waals surface area contributed by atoms with Crippen molar-refractivity contribution in [3.05, 3.63) is 51.8 Å². The van der Waals surface area contributed by atoms with E-state index in [-0.39, 0.29) is 12.6 Å². The SMILES string of the molecule is Cc1nn(C[C@@H](C)NCc2cccc(CO)c2)c(C)c1Cl. The second-order valence-electron chi connectivity index (χ2n) is 5.43. The summed E-state index contributed by atoms with van der Waals surface area (Å²) in [5, 5.41) is 17.8. The van der Waals surface area contributed by atoms with Gasteiger partial charge in [-0.1, -0.05) is 35.9 Å². The highest BCUT2D eigenvalue weighted by atomic mass is 35.5. The molecule has 4 nitrogen and oxygen atoms in total. The predicted molar refractivity (Wildman–Crippen MR) is 85.4 cm³/mol. The maximum atomic E-state index is 9.15. The van der Waals surface area contributed by atoms with E-state index < -0.39 is 0 Å². The Balaban J connectivity index is 1.92. The van der Waals surface area contributed by atoms with Crippen molar-refractivity contribution in [2.24, 2.45) is 0 Å². The van der Waals surface area contributed by atoms with Crippen LogP contribution in [0.4, 0.5) is 0 Å². The van der Waals surface area contributed by atoms with Gasteiger partial charge in [-0.05, 0) is 31.9 Å². The number of aliphatic hydroxyl groups is 1. The Morgan fingerprint density at radius 2 is 2.05 bits per heavy atom. The number of aromatic nitrogens is 2. The first kappa shape index (κ1) is 16.0. The fraction of sp³-hybridized carbons (Fsp3) is 0.438. The Kier molecular flexibility index (Phi) is 5.39. The van der Waals surface area contributed by atoms with Gasteiger partial charge in [-0.2, -0.15) is 5.10 Å². The Morgan fingerprint density at radius 1 is 1.33 bits per heavy atom. The molecule has 2 N–H and O–H groups in total. The van der Waals surface area contributed by atoms with Crippen LogP contribution in [0.1, 0.15) is 29.4 Å². The van der Waals surface area contributed by atoms with Crippen LogP contribution in [-0.2, 0) is 19.7 Å². The van der Waals surface area contributed by atoms with Gasteiger partial charge in [-0.3, -0.25) is 4.68 Å². The highest BCUT2D eigenvalue weighted by Crippen LogP contribution is 2.19. The van der Waals surface area contributed by atoms with Crippen LogP contribution in [0.3, 0.4) is 0 Å². The van der Waals surface area contributed by atoms with Crippen molar-refractivity contribution < 1.29 is 5.11 Å². The summed E-state index contributed by atoms with van der Waals surface area (Å²) in [6, 6.07) is 8.23. The molecule has 0 radical (unpaired) electrons. The lowest BCUT2D eigenvalue weighted by Gasteiger charge is -2.15. The zero-order valence-electron chi connectivity index (χ0n) is 12.7. The highest BCUT2D eigenvalue weighted by molar-refractivity contribution is 6.31. The third kappa shape index (κ3) is 4.06. The van der Waals surface area contributed by atoms with Gasteiger partial charge in [0.05, 0.1) is 29.6 Å². The molecule has 0 fully saturated rings. The van der Waals surface area contributed by atoms with Crippen LogP contribution in [0, 0.1) is 13.8 Å². The van der Waals surface area contributed by atoms with Crippen molar-refractivity contribution in [2.75, 3.05) is 0 Å². The minimum absolute atomic E-state index is 0.0770. The van der Waals surface area contributed by atoms with E-state index in [9.17, 15) is 0 Å². The van der Waals surface area contributed by atoms with Crippen molar-refractivity contribution in [2.45, 2.75) is 46.5 Å². The van der Waals surface area contributed by atoms with Crippen LogP contribution in [-0.4, -0.2) is 20.9 Å². The molecule has 1 heterocycles. The summed E-state index contributed by atoms with van der Waals surface area (Å²) in [5.41, 5.74) is 3.98. The number of benzene rings is 1. The first-order chi connectivity index (χ1) is 10.0. The van der Waals surface area contributed by atoms with E-state index in [1.807, 2.05) is 36.7 Å². The molecule has 0 aliphatic rings. The molecule has 0 aliphatic heterocycles. The monoisotopic (exact) mass is 307 g/mol. The summed E-state index contributed by atoms with van der Waals surface area (Å²) in [6.07, 6.45) is 0. The largest absolute Gasteiger partial charge is 0.392 e. The van der Waals surface area contributed by atoms with Crippen LogP contribution in [0.25, 0.3) is 0 Å². The molecule has 2 aromatic rings. The van der Waals surface area contributed by atoms with Crippen molar-refractivity contribution in [3.63, 3.8) is 0 Å². The molecule has 21 heavy (non-hydrogen) atoms. The molecule has 1 aromatic carbocycles. The summed E-state index contributed by atoms with van der Waals surface area (Å²) in [5.74, 6) is 0. The van der Waals surface area contributed by atoms with Gasteiger partial charge in [0.2, 0.25) is 0 Å². The third-order valence-electron chi connectivity index (χ3n) is 3.57. The first-order valence-electron chi connectivity index (χ1n) is 7.12. The average molecular weight is 308 g/mol. The number of nitrogens with one attached hydrogen (secondary N) is 1. The second-order valence-corrected chi connectivity index (χ2v) is 5.80. The normalized spacial score (nSPS) is 12.6. The third-order valence-corrected chi connectivity index (χ3v) is 4.12. The van der Waals surface area contributed by atoms with Crippen molar-refractivity contribution in [1.82, 2.24) is 15.1 Å². The summed E-state index contributed by atoms with van der Waals surface area (Å²) in [4.78, 5) is 0. The quantitative estimate of drug-likeness (QED) is 0.863. The molecular weight excluding hydrogens is 286 g/mol. The van der Waals surface area contributed by atoms with Gasteiger partial charge in [0, 0.05) is 12.6 Å². The molecule has 0 spiro atoms. The zero-order chi connectivity index (χ0) is 15.4. The van der Waals surface area contributed by atoms with Crippen molar-refractivity contribution >= 4 is 11.6 Å². The Bertz CT molecular complexity index is 610. The summed E-state index contributed by atoms with van der Waals surface area (Å²) in [6.45, 7) is 7.65. The van der Waals surface area contributed by atoms with Gasteiger partial charge in [-0.15, -0.1) is 0 Å². The maximum Gasteiger partial charge on any atom is 0.0844 e. The van der Waals surface area contributed by atoms with Gasteiger partial charge in [0.1, 0.15) is 0 Å². The standard InChI is InChI=1S/C16H22ClN3O/c1-11(9-20-13(3)16(17)12(2)19-20)18-8-14-5-4-6-15(7-14)10-21/h4-7,11,18,21H,8-10H2,1-3H3/t11-/m1/s1. The molecule has 5 heteroatoms. The van der Waals surface area contributed by atoms with E-state index in [1.165, 1.54) is 5.56 Å². The molecule has 0 saturated heterocycles. The highest BCUT2D eigenvalue weighted by Gasteiger charge is 2.11. The lowest BCUT2D eigenvalue weighted by Crippen LogP contribution is -2.30. The van der Waals surface area contributed by atoms with Crippen LogP contribution in [0.5, 0.6) is 0 Å². The van der Waals surface area contributed by atoms with E-state index in [0.717, 1.165) is 35.1 Å². The molecule has 114 valence electrons. The molecule has 0 aliphatic carbocycles. The minimum Gasteiger partial charge on any atom is -0.392 e. The lowest BCUT2D eigenvalue weighted by atomic mass is 10.1. The van der Waals surface area contributed by atoms with Crippen LogP contribution >= 0.6 is 11.6 Å². The van der Waals surface area contributed by atoms with Crippen LogP contribution < -0.4 is 5.32 Å². The smallest absolute Gasteiger partial charge is 0.0844 e. The fourth-order valence-corrected chi connectivity index (χ4v) is 2.44.